The van der Waals surface area contributed by atoms with E-state index in [-0.39, 0.29) is 23.8 Å². The normalized spacial score (nSPS) is 18.0. The summed E-state index contributed by atoms with van der Waals surface area (Å²) in [5, 5.41) is 8.31. The van der Waals surface area contributed by atoms with Crippen LogP contribution in [0.1, 0.15) is 60.2 Å². The van der Waals surface area contributed by atoms with Gasteiger partial charge in [0.2, 0.25) is 11.8 Å². The van der Waals surface area contributed by atoms with Gasteiger partial charge in [0.1, 0.15) is 0 Å². The molecule has 1 aliphatic carbocycles. The molecule has 5 nitrogen and oxygen atoms in total. The van der Waals surface area contributed by atoms with E-state index in [9.17, 15) is 9.59 Å². The number of amides is 2. The highest BCUT2D eigenvalue weighted by Crippen LogP contribution is 2.25. The van der Waals surface area contributed by atoms with Crippen molar-refractivity contribution in [3.05, 3.63) is 57.3 Å². The number of hydrogen-bond acceptors (Lipinski definition) is 4. The van der Waals surface area contributed by atoms with Crippen LogP contribution in [0.2, 0.25) is 0 Å². The van der Waals surface area contributed by atoms with Crippen LogP contribution >= 0.6 is 11.3 Å². The van der Waals surface area contributed by atoms with Crippen molar-refractivity contribution in [3.8, 4) is 0 Å². The molecule has 2 N–H and O–H groups in total. The number of piperidine rings is 1. The summed E-state index contributed by atoms with van der Waals surface area (Å²) in [6.07, 6.45) is 7.41. The maximum Gasteiger partial charge on any atom is 0.234 e. The van der Waals surface area contributed by atoms with Crippen molar-refractivity contribution in [1.82, 2.24) is 15.5 Å². The Morgan fingerprint density at radius 1 is 1.12 bits per heavy atom. The van der Waals surface area contributed by atoms with Gasteiger partial charge in [-0.15, -0.1) is 11.3 Å². The van der Waals surface area contributed by atoms with Crippen LogP contribution in [0.3, 0.4) is 0 Å². The predicted molar refractivity (Wildman–Crippen MR) is 130 cm³/mol. The Kier molecular flexibility index (Phi) is 7.98. The number of thiophene rings is 1. The van der Waals surface area contributed by atoms with E-state index in [1.54, 1.807) is 11.3 Å². The zero-order valence-corrected chi connectivity index (χ0v) is 19.9. The van der Waals surface area contributed by atoms with Crippen LogP contribution in [0.25, 0.3) is 0 Å². The number of nitrogens with one attached hydrogen (secondary N) is 2. The third-order valence-electron chi connectivity index (χ3n) is 6.83. The molecule has 32 heavy (non-hydrogen) atoms. The van der Waals surface area contributed by atoms with Crippen LogP contribution in [0.5, 0.6) is 0 Å². The second kappa shape index (κ2) is 11.1. The lowest BCUT2D eigenvalue weighted by atomic mass is 9.89. The van der Waals surface area contributed by atoms with Crippen LogP contribution in [0.4, 0.5) is 0 Å². The Morgan fingerprint density at radius 3 is 2.66 bits per heavy atom. The van der Waals surface area contributed by atoms with Crippen molar-refractivity contribution >= 4 is 23.2 Å². The number of rotatable bonds is 8. The molecule has 172 valence electrons. The monoisotopic (exact) mass is 453 g/mol. The first-order valence-electron chi connectivity index (χ1n) is 12.0. The minimum Gasteiger partial charge on any atom is -0.355 e. The molecule has 1 saturated heterocycles. The van der Waals surface area contributed by atoms with E-state index in [1.165, 1.54) is 40.8 Å². The Morgan fingerprint density at radius 2 is 1.91 bits per heavy atom. The first-order valence-corrected chi connectivity index (χ1v) is 12.9. The highest BCUT2D eigenvalue weighted by Gasteiger charge is 2.26. The van der Waals surface area contributed by atoms with E-state index in [0.29, 0.717) is 13.1 Å². The molecule has 2 aliphatic rings. The summed E-state index contributed by atoms with van der Waals surface area (Å²) in [6, 6.07) is 10.8. The number of fused-ring (bicyclic) bond motifs is 1. The molecule has 1 atom stereocenters. The van der Waals surface area contributed by atoms with Crippen molar-refractivity contribution in [2.24, 2.45) is 5.92 Å². The highest BCUT2D eigenvalue weighted by molar-refractivity contribution is 7.09. The van der Waals surface area contributed by atoms with Crippen molar-refractivity contribution in [2.75, 3.05) is 26.2 Å². The first-order chi connectivity index (χ1) is 15.6. The molecule has 0 radical (unpaired) electrons. The molecule has 2 heterocycles. The molecule has 4 rings (SSSR count). The fourth-order valence-electron chi connectivity index (χ4n) is 4.86. The van der Waals surface area contributed by atoms with E-state index in [2.05, 4.69) is 52.1 Å². The van der Waals surface area contributed by atoms with E-state index in [1.807, 2.05) is 6.07 Å². The molecule has 1 unspecified atom stereocenters. The summed E-state index contributed by atoms with van der Waals surface area (Å²) in [7, 11) is 0. The van der Waals surface area contributed by atoms with Gasteiger partial charge in [0, 0.05) is 17.3 Å². The molecule has 1 aromatic carbocycles. The topological polar surface area (TPSA) is 61.4 Å². The number of carbonyl (C=O) groups is 2. The summed E-state index contributed by atoms with van der Waals surface area (Å²) in [5.74, 6) is 0.285. The number of nitrogens with zero attached hydrogens (tertiary/aromatic N) is 1. The van der Waals surface area contributed by atoms with Crippen LogP contribution in [-0.4, -0.2) is 42.9 Å². The van der Waals surface area contributed by atoms with E-state index in [4.69, 9.17) is 0 Å². The largest absolute Gasteiger partial charge is 0.355 e. The quantitative estimate of drug-likeness (QED) is 0.638. The van der Waals surface area contributed by atoms with Gasteiger partial charge in [-0.2, -0.15) is 0 Å². The standard InChI is InChI=1S/C26H35N3O2S/c1-19(22-9-8-20-5-2-3-6-23(20)17-22)28-25(30)18-29-14-11-21(12-15-29)26(31)27-13-10-24-7-4-16-32-24/h4,7-9,16-17,19,21H,2-3,5-6,10-15,18H2,1H3,(H,27,31)(H,28,30). The summed E-state index contributed by atoms with van der Waals surface area (Å²) in [4.78, 5) is 28.5. The number of benzene rings is 1. The van der Waals surface area contributed by atoms with Crippen molar-refractivity contribution in [2.45, 2.75) is 57.9 Å². The molecule has 1 fully saturated rings. The van der Waals surface area contributed by atoms with Gasteiger partial charge < -0.3 is 10.6 Å². The molecular weight excluding hydrogens is 418 g/mol. The maximum atomic E-state index is 12.6. The molecule has 2 aromatic rings. The van der Waals surface area contributed by atoms with Gasteiger partial charge in [0.25, 0.3) is 0 Å². The smallest absolute Gasteiger partial charge is 0.234 e. The molecule has 0 saturated carbocycles. The average Bonchev–Trinajstić information content (AvgIpc) is 3.32. The molecule has 0 spiro atoms. The van der Waals surface area contributed by atoms with Crippen LogP contribution in [0, 0.1) is 5.92 Å². The highest BCUT2D eigenvalue weighted by atomic mass is 32.1. The molecule has 2 amide bonds. The zero-order chi connectivity index (χ0) is 22.3. The van der Waals surface area contributed by atoms with Crippen LogP contribution < -0.4 is 10.6 Å². The summed E-state index contributed by atoms with van der Waals surface area (Å²) < 4.78 is 0. The van der Waals surface area contributed by atoms with Crippen molar-refractivity contribution in [1.29, 1.82) is 0 Å². The van der Waals surface area contributed by atoms with Crippen molar-refractivity contribution in [3.63, 3.8) is 0 Å². The predicted octanol–water partition coefficient (Wildman–Crippen LogP) is 3.88. The number of likely N-dealkylation sites (tertiary alicyclic amines) is 1. The fraction of sp³-hybridized carbons (Fsp3) is 0.538. The van der Waals surface area contributed by atoms with Gasteiger partial charge in [-0.25, -0.2) is 0 Å². The van der Waals surface area contributed by atoms with Gasteiger partial charge in [0.15, 0.2) is 0 Å². The van der Waals surface area contributed by atoms with Gasteiger partial charge in [-0.1, -0.05) is 24.3 Å². The molecule has 1 aliphatic heterocycles. The van der Waals surface area contributed by atoms with Gasteiger partial charge in [-0.05, 0) is 93.1 Å². The number of hydrogen-bond donors (Lipinski definition) is 2. The molecule has 1 aromatic heterocycles. The Labute approximate surface area is 195 Å². The summed E-state index contributed by atoms with van der Waals surface area (Å²) >= 11 is 1.73. The Hall–Kier alpha value is -2.18. The minimum absolute atomic E-state index is 0.0152. The van der Waals surface area contributed by atoms with E-state index < -0.39 is 0 Å². The van der Waals surface area contributed by atoms with E-state index >= 15 is 0 Å². The van der Waals surface area contributed by atoms with Crippen LogP contribution in [0.15, 0.2) is 35.7 Å². The first kappa shape index (κ1) is 23.0. The second-order valence-corrected chi connectivity index (χ2v) is 10.2. The lowest BCUT2D eigenvalue weighted by molar-refractivity contribution is -0.126. The molecular formula is C26H35N3O2S. The summed E-state index contributed by atoms with van der Waals surface area (Å²) in [5.41, 5.74) is 4.11. The lowest BCUT2D eigenvalue weighted by Gasteiger charge is -2.31. The fourth-order valence-corrected chi connectivity index (χ4v) is 5.57. The Bertz CT molecular complexity index is 904. The lowest BCUT2D eigenvalue weighted by Crippen LogP contribution is -2.45. The molecule has 6 heteroatoms. The zero-order valence-electron chi connectivity index (χ0n) is 19.1. The van der Waals surface area contributed by atoms with Gasteiger partial charge >= 0.3 is 0 Å². The van der Waals surface area contributed by atoms with Crippen LogP contribution in [-0.2, 0) is 28.9 Å². The van der Waals surface area contributed by atoms with Crippen molar-refractivity contribution < 1.29 is 9.59 Å². The SMILES string of the molecule is CC(NC(=O)CN1CCC(C(=O)NCCc2cccs2)CC1)c1ccc2c(c1)CCCC2. The second-order valence-electron chi connectivity index (χ2n) is 9.20. The van der Waals surface area contributed by atoms with E-state index in [0.717, 1.165) is 38.8 Å². The maximum absolute atomic E-state index is 12.6. The van der Waals surface area contributed by atoms with Gasteiger partial charge in [-0.3, -0.25) is 14.5 Å². The minimum atomic E-state index is 0.0152. The van der Waals surface area contributed by atoms with Gasteiger partial charge in [0.05, 0.1) is 12.6 Å². The third kappa shape index (κ3) is 6.20. The third-order valence-corrected chi connectivity index (χ3v) is 7.76. The number of carbonyl (C=O) groups excluding carboxylic acids is 2. The number of aryl methyl sites for hydroxylation is 2. The summed E-state index contributed by atoms with van der Waals surface area (Å²) in [6.45, 7) is 4.76. The molecule has 0 bridgehead atoms. The average molecular weight is 454 g/mol. The Balaban J connectivity index is 1.17.